The van der Waals surface area contributed by atoms with Gasteiger partial charge in [-0.2, -0.15) is 9.40 Å². The van der Waals surface area contributed by atoms with Gasteiger partial charge in [0.1, 0.15) is 5.69 Å². The van der Waals surface area contributed by atoms with Crippen molar-refractivity contribution in [2.75, 3.05) is 26.2 Å². The van der Waals surface area contributed by atoms with Crippen molar-refractivity contribution in [2.45, 2.75) is 4.90 Å². The fourth-order valence-corrected chi connectivity index (χ4v) is 5.45. The van der Waals surface area contributed by atoms with Crippen molar-refractivity contribution < 1.29 is 13.2 Å². The molecule has 1 saturated heterocycles. The molecule has 0 unspecified atom stereocenters. The molecule has 2 aromatic heterocycles. The van der Waals surface area contributed by atoms with E-state index in [1.807, 2.05) is 36.4 Å². The molecular formula is C25H23N5O3S. The Bertz CT molecular complexity index is 1380. The molecule has 1 fully saturated rings. The maximum absolute atomic E-state index is 13.5. The summed E-state index contributed by atoms with van der Waals surface area (Å²) in [7, 11) is -3.59. The molecule has 1 aliphatic heterocycles. The number of sulfonamides is 1. The van der Waals surface area contributed by atoms with Gasteiger partial charge in [0.25, 0.3) is 5.91 Å². The number of piperazine rings is 1. The van der Waals surface area contributed by atoms with E-state index in [1.54, 1.807) is 64.6 Å². The molecule has 0 atom stereocenters. The average Bonchev–Trinajstić information content (AvgIpc) is 3.35. The van der Waals surface area contributed by atoms with Crippen LogP contribution in [0.3, 0.4) is 0 Å². The fraction of sp³-hybridized carbons (Fsp3) is 0.160. The molecule has 0 spiro atoms. The van der Waals surface area contributed by atoms with Crippen LogP contribution in [-0.4, -0.2) is 64.5 Å². The number of hydrogen-bond acceptors (Lipinski definition) is 5. The van der Waals surface area contributed by atoms with E-state index in [0.717, 1.165) is 11.3 Å². The Hall–Kier alpha value is -3.82. The standard InChI is InChI=1S/C25H23N5O3S/c31-25(28-14-16-29(17-15-28)34(32,33)22-11-5-2-6-12-22)23-19-30(21-9-3-1-4-10-21)27-24(23)20-8-7-13-26-18-20/h1-13,18-19H,14-17H2. The molecule has 3 heterocycles. The second-order valence-electron chi connectivity index (χ2n) is 7.92. The summed E-state index contributed by atoms with van der Waals surface area (Å²) in [4.78, 5) is 19.7. The van der Waals surface area contributed by atoms with Crippen molar-refractivity contribution in [3.8, 4) is 16.9 Å². The number of aromatic nitrogens is 3. The van der Waals surface area contributed by atoms with Crippen molar-refractivity contribution in [1.29, 1.82) is 0 Å². The Balaban J connectivity index is 1.40. The maximum atomic E-state index is 13.5. The Morgan fingerprint density at radius 1 is 0.824 bits per heavy atom. The van der Waals surface area contributed by atoms with Crippen LogP contribution in [0.2, 0.25) is 0 Å². The number of amides is 1. The molecule has 0 N–H and O–H groups in total. The number of carbonyl (C=O) groups excluding carboxylic acids is 1. The molecule has 0 saturated carbocycles. The van der Waals surface area contributed by atoms with Gasteiger partial charge in [0.2, 0.25) is 10.0 Å². The summed E-state index contributed by atoms with van der Waals surface area (Å²) in [5.41, 5.74) is 2.58. The number of pyridine rings is 1. The molecule has 4 aromatic rings. The molecule has 2 aromatic carbocycles. The summed E-state index contributed by atoms with van der Waals surface area (Å²) < 4.78 is 29.0. The molecule has 0 radical (unpaired) electrons. The molecule has 172 valence electrons. The van der Waals surface area contributed by atoms with Crippen LogP contribution in [0.15, 0.2) is 96.3 Å². The average molecular weight is 474 g/mol. The van der Waals surface area contributed by atoms with Crippen LogP contribution >= 0.6 is 0 Å². The predicted molar refractivity (Wildman–Crippen MR) is 128 cm³/mol. The second kappa shape index (κ2) is 9.20. The smallest absolute Gasteiger partial charge is 0.257 e. The van der Waals surface area contributed by atoms with Gasteiger partial charge in [0.15, 0.2) is 0 Å². The zero-order chi connectivity index (χ0) is 23.5. The Morgan fingerprint density at radius 2 is 1.50 bits per heavy atom. The minimum atomic E-state index is -3.59. The maximum Gasteiger partial charge on any atom is 0.257 e. The first-order chi connectivity index (χ1) is 16.5. The topological polar surface area (TPSA) is 88.4 Å². The van der Waals surface area contributed by atoms with E-state index < -0.39 is 10.0 Å². The Labute approximate surface area is 198 Å². The molecule has 8 nitrogen and oxygen atoms in total. The van der Waals surface area contributed by atoms with Crippen LogP contribution < -0.4 is 0 Å². The third-order valence-corrected chi connectivity index (χ3v) is 7.72. The van der Waals surface area contributed by atoms with Crippen molar-refractivity contribution >= 4 is 15.9 Å². The number of para-hydroxylation sites is 1. The number of hydrogen-bond donors (Lipinski definition) is 0. The van der Waals surface area contributed by atoms with E-state index in [-0.39, 0.29) is 23.9 Å². The SMILES string of the molecule is O=C(c1cn(-c2ccccc2)nc1-c1cccnc1)N1CCN(S(=O)(=O)c2ccccc2)CC1. The monoisotopic (exact) mass is 473 g/mol. The van der Waals surface area contributed by atoms with Gasteiger partial charge < -0.3 is 4.90 Å². The highest BCUT2D eigenvalue weighted by molar-refractivity contribution is 7.89. The van der Waals surface area contributed by atoms with Gasteiger partial charge in [-0.25, -0.2) is 13.1 Å². The zero-order valence-corrected chi connectivity index (χ0v) is 19.2. The first-order valence-corrected chi connectivity index (χ1v) is 12.4. The number of rotatable bonds is 5. The van der Waals surface area contributed by atoms with E-state index in [0.29, 0.717) is 24.3 Å². The lowest BCUT2D eigenvalue weighted by atomic mass is 10.1. The van der Waals surface area contributed by atoms with Gasteiger partial charge in [-0.15, -0.1) is 0 Å². The van der Waals surface area contributed by atoms with Crippen molar-refractivity contribution in [3.05, 3.63) is 97.0 Å². The van der Waals surface area contributed by atoms with Crippen LogP contribution in [-0.2, 0) is 10.0 Å². The van der Waals surface area contributed by atoms with E-state index >= 15 is 0 Å². The highest BCUT2D eigenvalue weighted by Crippen LogP contribution is 2.25. The molecule has 5 rings (SSSR count). The third kappa shape index (κ3) is 4.23. The van der Waals surface area contributed by atoms with Gasteiger partial charge in [0.05, 0.1) is 16.1 Å². The number of carbonyl (C=O) groups is 1. The second-order valence-corrected chi connectivity index (χ2v) is 9.86. The van der Waals surface area contributed by atoms with E-state index in [4.69, 9.17) is 0 Å². The highest BCUT2D eigenvalue weighted by Gasteiger charge is 2.32. The molecular weight excluding hydrogens is 450 g/mol. The van der Waals surface area contributed by atoms with Crippen molar-refractivity contribution in [1.82, 2.24) is 24.0 Å². The van der Waals surface area contributed by atoms with Crippen molar-refractivity contribution in [3.63, 3.8) is 0 Å². The molecule has 0 bridgehead atoms. The van der Waals surface area contributed by atoms with Gasteiger partial charge in [0, 0.05) is 50.3 Å². The molecule has 1 aliphatic rings. The van der Waals surface area contributed by atoms with Gasteiger partial charge in [-0.05, 0) is 36.4 Å². The predicted octanol–water partition coefficient (Wildman–Crippen LogP) is 3.08. The largest absolute Gasteiger partial charge is 0.336 e. The van der Waals surface area contributed by atoms with Gasteiger partial charge >= 0.3 is 0 Å². The minimum Gasteiger partial charge on any atom is -0.336 e. The van der Waals surface area contributed by atoms with E-state index in [1.165, 1.54) is 4.31 Å². The molecule has 1 amide bonds. The normalized spacial score (nSPS) is 14.8. The van der Waals surface area contributed by atoms with Crippen LogP contribution in [0.1, 0.15) is 10.4 Å². The van der Waals surface area contributed by atoms with E-state index in [9.17, 15) is 13.2 Å². The van der Waals surface area contributed by atoms with Crippen molar-refractivity contribution in [2.24, 2.45) is 0 Å². The highest BCUT2D eigenvalue weighted by atomic mass is 32.2. The lowest BCUT2D eigenvalue weighted by molar-refractivity contribution is 0.0698. The Morgan fingerprint density at radius 3 is 2.15 bits per heavy atom. The molecule has 34 heavy (non-hydrogen) atoms. The van der Waals surface area contributed by atoms with Crippen LogP contribution in [0.25, 0.3) is 16.9 Å². The summed E-state index contributed by atoms with van der Waals surface area (Å²) in [6.07, 6.45) is 5.08. The molecule has 0 aliphatic carbocycles. The first-order valence-electron chi connectivity index (χ1n) is 10.9. The lowest BCUT2D eigenvalue weighted by Gasteiger charge is -2.34. The summed E-state index contributed by atoms with van der Waals surface area (Å²) in [5, 5.41) is 4.68. The quantitative estimate of drug-likeness (QED) is 0.445. The zero-order valence-electron chi connectivity index (χ0n) is 18.4. The third-order valence-electron chi connectivity index (χ3n) is 5.81. The fourth-order valence-electron chi connectivity index (χ4n) is 4.00. The van der Waals surface area contributed by atoms with Gasteiger partial charge in [-0.3, -0.25) is 9.78 Å². The van der Waals surface area contributed by atoms with Gasteiger partial charge in [-0.1, -0.05) is 36.4 Å². The summed E-state index contributed by atoms with van der Waals surface area (Å²) in [5.74, 6) is -0.183. The summed E-state index contributed by atoms with van der Waals surface area (Å²) in [6.45, 7) is 1.07. The summed E-state index contributed by atoms with van der Waals surface area (Å²) in [6, 6.07) is 21.6. The molecule has 9 heteroatoms. The first kappa shape index (κ1) is 22.0. The van der Waals surface area contributed by atoms with Crippen LogP contribution in [0.5, 0.6) is 0 Å². The summed E-state index contributed by atoms with van der Waals surface area (Å²) >= 11 is 0. The lowest BCUT2D eigenvalue weighted by Crippen LogP contribution is -2.50. The number of nitrogens with zero attached hydrogens (tertiary/aromatic N) is 5. The van der Waals surface area contributed by atoms with Crippen LogP contribution in [0.4, 0.5) is 0 Å². The minimum absolute atomic E-state index is 0.183. The Kier molecular flexibility index (Phi) is 5.95. The van der Waals surface area contributed by atoms with E-state index in [2.05, 4.69) is 10.1 Å². The van der Waals surface area contributed by atoms with Crippen LogP contribution in [0, 0.1) is 0 Å². The number of benzene rings is 2.